The number of aromatic nitrogens is 2. The highest BCUT2D eigenvalue weighted by Gasteiger charge is 2.22. The summed E-state index contributed by atoms with van der Waals surface area (Å²) in [4.78, 5) is 14.8. The van der Waals surface area contributed by atoms with Gasteiger partial charge in [-0.1, -0.05) is 60.1 Å². The third-order valence-corrected chi connectivity index (χ3v) is 5.15. The Morgan fingerprint density at radius 2 is 1.81 bits per heavy atom. The lowest BCUT2D eigenvalue weighted by Gasteiger charge is -2.23. The molecular formula is C22H24ClN3O. The number of benzene rings is 2. The number of hydrogen-bond acceptors (Lipinski definition) is 2. The zero-order valence-corrected chi connectivity index (χ0v) is 16.6. The van der Waals surface area contributed by atoms with Crippen molar-refractivity contribution in [3.05, 3.63) is 88.2 Å². The molecule has 0 aliphatic rings. The predicted octanol–water partition coefficient (Wildman–Crippen LogP) is 4.56. The fraction of sp³-hybridized carbons (Fsp3) is 0.273. The van der Waals surface area contributed by atoms with Gasteiger partial charge in [0.1, 0.15) is 0 Å². The minimum absolute atomic E-state index is 0.0759. The van der Waals surface area contributed by atoms with Gasteiger partial charge in [-0.05, 0) is 24.1 Å². The number of amides is 1. The van der Waals surface area contributed by atoms with Gasteiger partial charge in [-0.3, -0.25) is 9.48 Å². The maximum atomic E-state index is 13.0. The van der Waals surface area contributed by atoms with Gasteiger partial charge < -0.3 is 4.90 Å². The van der Waals surface area contributed by atoms with Crippen LogP contribution in [0.4, 0.5) is 0 Å². The van der Waals surface area contributed by atoms with Crippen molar-refractivity contribution in [2.45, 2.75) is 25.8 Å². The molecule has 0 saturated heterocycles. The zero-order valence-electron chi connectivity index (χ0n) is 15.9. The lowest BCUT2D eigenvalue weighted by atomic mass is 9.88. The maximum Gasteiger partial charge on any atom is 0.223 e. The van der Waals surface area contributed by atoms with E-state index in [1.54, 1.807) is 9.58 Å². The molecule has 4 nitrogen and oxygen atoms in total. The minimum Gasteiger partial charge on any atom is -0.341 e. The molecule has 3 rings (SSSR count). The summed E-state index contributed by atoms with van der Waals surface area (Å²) in [5.41, 5.74) is 4.07. The molecule has 0 saturated carbocycles. The maximum absolute atomic E-state index is 13.0. The molecule has 3 aromatic rings. The van der Waals surface area contributed by atoms with Crippen LogP contribution in [-0.4, -0.2) is 27.6 Å². The highest BCUT2D eigenvalue weighted by Crippen LogP contribution is 2.33. The summed E-state index contributed by atoms with van der Waals surface area (Å²) in [6.45, 7) is 2.51. The van der Waals surface area contributed by atoms with Gasteiger partial charge in [0.05, 0.1) is 5.69 Å². The summed E-state index contributed by atoms with van der Waals surface area (Å²) in [6, 6.07) is 17.8. The molecular weight excluding hydrogens is 358 g/mol. The molecule has 1 amide bonds. The molecule has 1 unspecified atom stereocenters. The van der Waals surface area contributed by atoms with E-state index >= 15 is 0 Å². The first-order valence-corrected chi connectivity index (χ1v) is 9.36. The summed E-state index contributed by atoms with van der Waals surface area (Å²) in [7, 11) is 3.73. The molecule has 1 heterocycles. The molecule has 0 spiro atoms. The second kappa shape index (κ2) is 8.40. The lowest BCUT2D eigenvalue weighted by molar-refractivity contribution is -0.130. The van der Waals surface area contributed by atoms with Crippen LogP contribution in [0.3, 0.4) is 0 Å². The van der Waals surface area contributed by atoms with Gasteiger partial charge in [-0.25, -0.2) is 0 Å². The Labute approximate surface area is 165 Å². The van der Waals surface area contributed by atoms with Crippen LogP contribution >= 0.6 is 11.6 Å². The average Bonchev–Trinajstić information content (AvgIpc) is 2.98. The van der Waals surface area contributed by atoms with E-state index in [0.717, 1.165) is 22.4 Å². The molecule has 1 aromatic heterocycles. The van der Waals surface area contributed by atoms with Gasteiger partial charge in [-0.2, -0.15) is 5.10 Å². The first-order valence-electron chi connectivity index (χ1n) is 8.98. The summed E-state index contributed by atoms with van der Waals surface area (Å²) in [6.07, 6.45) is 2.32. The molecule has 0 N–H and O–H groups in total. The van der Waals surface area contributed by atoms with Gasteiger partial charge in [0, 0.05) is 49.8 Å². The Kier molecular flexibility index (Phi) is 5.97. The molecule has 0 aliphatic carbocycles. The molecule has 0 radical (unpaired) electrons. The van der Waals surface area contributed by atoms with Crippen LogP contribution in [0.1, 0.15) is 34.7 Å². The third-order valence-electron chi connectivity index (χ3n) is 4.81. The van der Waals surface area contributed by atoms with E-state index in [-0.39, 0.29) is 11.8 Å². The molecule has 5 heteroatoms. The van der Waals surface area contributed by atoms with E-state index < -0.39 is 0 Å². The number of halogens is 1. The van der Waals surface area contributed by atoms with E-state index in [0.29, 0.717) is 18.0 Å². The number of rotatable bonds is 6. The topological polar surface area (TPSA) is 38.1 Å². The van der Waals surface area contributed by atoms with Crippen LogP contribution < -0.4 is 0 Å². The SMILES string of the molecule is Cc1nn(C)cc1CN(C)C(=O)CC(c1ccccc1)c1ccccc1Cl. The van der Waals surface area contributed by atoms with E-state index in [9.17, 15) is 4.79 Å². The minimum atomic E-state index is -0.0788. The van der Waals surface area contributed by atoms with E-state index in [2.05, 4.69) is 5.10 Å². The highest BCUT2D eigenvalue weighted by molar-refractivity contribution is 6.31. The number of aryl methyl sites for hydroxylation is 2. The van der Waals surface area contributed by atoms with Crippen molar-refractivity contribution < 1.29 is 4.79 Å². The fourth-order valence-electron chi connectivity index (χ4n) is 3.33. The zero-order chi connectivity index (χ0) is 19.4. The van der Waals surface area contributed by atoms with Gasteiger partial charge in [0.25, 0.3) is 0 Å². The smallest absolute Gasteiger partial charge is 0.223 e. The van der Waals surface area contributed by atoms with Crippen molar-refractivity contribution in [1.82, 2.24) is 14.7 Å². The van der Waals surface area contributed by atoms with Crippen molar-refractivity contribution in [2.75, 3.05) is 7.05 Å². The Morgan fingerprint density at radius 3 is 2.44 bits per heavy atom. The predicted molar refractivity (Wildman–Crippen MR) is 109 cm³/mol. The number of carbonyl (C=O) groups excluding carboxylic acids is 1. The van der Waals surface area contributed by atoms with Gasteiger partial charge >= 0.3 is 0 Å². The fourth-order valence-corrected chi connectivity index (χ4v) is 3.60. The molecule has 2 aromatic carbocycles. The molecule has 0 bridgehead atoms. The number of carbonyl (C=O) groups is 1. The third kappa shape index (κ3) is 4.58. The van der Waals surface area contributed by atoms with Crippen LogP contribution in [-0.2, 0) is 18.4 Å². The van der Waals surface area contributed by atoms with Crippen molar-refractivity contribution >= 4 is 17.5 Å². The van der Waals surface area contributed by atoms with Crippen LogP contribution in [0.25, 0.3) is 0 Å². The van der Waals surface area contributed by atoms with E-state index in [4.69, 9.17) is 11.6 Å². The first kappa shape index (κ1) is 19.2. The van der Waals surface area contributed by atoms with Crippen molar-refractivity contribution in [2.24, 2.45) is 7.05 Å². The van der Waals surface area contributed by atoms with E-state index in [1.807, 2.05) is 81.8 Å². The van der Waals surface area contributed by atoms with Crippen LogP contribution in [0.2, 0.25) is 5.02 Å². The monoisotopic (exact) mass is 381 g/mol. The summed E-state index contributed by atoms with van der Waals surface area (Å²) < 4.78 is 1.78. The summed E-state index contributed by atoms with van der Waals surface area (Å²) in [5.74, 6) is -0.00290. The van der Waals surface area contributed by atoms with Crippen LogP contribution in [0.5, 0.6) is 0 Å². The molecule has 1 atom stereocenters. The van der Waals surface area contributed by atoms with Crippen molar-refractivity contribution in [1.29, 1.82) is 0 Å². The van der Waals surface area contributed by atoms with Gasteiger partial charge in [0.15, 0.2) is 0 Å². The van der Waals surface area contributed by atoms with Crippen LogP contribution in [0, 0.1) is 6.92 Å². The molecule has 27 heavy (non-hydrogen) atoms. The van der Waals surface area contributed by atoms with Gasteiger partial charge in [-0.15, -0.1) is 0 Å². The lowest BCUT2D eigenvalue weighted by Crippen LogP contribution is -2.28. The second-order valence-electron chi connectivity index (χ2n) is 6.85. The summed E-state index contributed by atoms with van der Waals surface area (Å²) in [5, 5.41) is 5.04. The number of hydrogen-bond donors (Lipinski definition) is 0. The Hall–Kier alpha value is -2.59. The van der Waals surface area contributed by atoms with Crippen molar-refractivity contribution in [3.8, 4) is 0 Å². The quantitative estimate of drug-likeness (QED) is 0.627. The average molecular weight is 382 g/mol. The normalized spacial score (nSPS) is 12.0. The standard InChI is InChI=1S/C22H24ClN3O/c1-16-18(15-26(3)24-16)14-25(2)22(27)13-20(17-9-5-4-6-10-17)19-11-7-8-12-21(19)23/h4-12,15,20H,13-14H2,1-3H3. The summed E-state index contributed by atoms with van der Waals surface area (Å²) >= 11 is 6.45. The largest absolute Gasteiger partial charge is 0.341 e. The Morgan fingerprint density at radius 1 is 1.15 bits per heavy atom. The second-order valence-corrected chi connectivity index (χ2v) is 7.26. The van der Waals surface area contributed by atoms with Crippen molar-refractivity contribution in [3.63, 3.8) is 0 Å². The number of nitrogens with zero attached hydrogens (tertiary/aromatic N) is 3. The Balaban J connectivity index is 1.82. The highest BCUT2D eigenvalue weighted by atomic mass is 35.5. The van der Waals surface area contributed by atoms with Gasteiger partial charge in [0.2, 0.25) is 5.91 Å². The molecule has 0 fully saturated rings. The molecule has 0 aliphatic heterocycles. The van der Waals surface area contributed by atoms with E-state index in [1.165, 1.54) is 0 Å². The first-order chi connectivity index (χ1) is 13.0. The van der Waals surface area contributed by atoms with Crippen LogP contribution in [0.15, 0.2) is 60.8 Å². The molecule has 140 valence electrons. The Bertz CT molecular complexity index is 920.